The van der Waals surface area contributed by atoms with Crippen LogP contribution in [0.4, 0.5) is 0 Å². The quantitative estimate of drug-likeness (QED) is 0.586. The van der Waals surface area contributed by atoms with Crippen molar-refractivity contribution in [2.75, 3.05) is 0 Å². The summed E-state index contributed by atoms with van der Waals surface area (Å²) in [7, 11) is 0. The number of fused-ring (bicyclic) bond motifs is 3. The third-order valence-electron chi connectivity index (χ3n) is 3.95. The van der Waals surface area contributed by atoms with Crippen molar-refractivity contribution in [1.82, 2.24) is 0 Å². The lowest BCUT2D eigenvalue weighted by Crippen LogP contribution is -2.14. The van der Waals surface area contributed by atoms with Gasteiger partial charge < -0.3 is 0 Å². The highest BCUT2D eigenvalue weighted by atomic mass is 16.3. The molecule has 1 aromatic heterocycles. The van der Waals surface area contributed by atoms with Crippen LogP contribution in [0, 0.1) is 6.92 Å². The maximum Gasteiger partial charge on any atom is 0.332 e. The number of aryl methyl sites for hydroxylation is 2. The van der Waals surface area contributed by atoms with E-state index in [0.29, 0.717) is 0 Å². The number of hydrogen-bond acceptors (Lipinski definition) is 0. The second-order valence-electron chi connectivity index (χ2n) is 4.93. The lowest BCUT2D eigenvalue weighted by Gasteiger charge is -2.19. The van der Waals surface area contributed by atoms with Crippen molar-refractivity contribution in [2.24, 2.45) is 0 Å². The van der Waals surface area contributed by atoms with Gasteiger partial charge in [0.15, 0.2) is 0 Å². The van der Waals surface area contributed by atoms with Crippen molar-refractivity contribution >= 4 is 0 Å². The third kappa shape index (κ3) is 1.49. The molecule has 15 heavy (non-hydrogen) atoms. The lowest BCUT2D eigenvalue weighted by molar-refractivity contribution is 0.417. The van der Waals surface area contributed by atoms with E-state index in [0.717, 1.165) is 0 Å². The van der Waals surface area contributed by atoms with E-state index in [1.54, 1.807) is 16.7 Å². The fraction of sp³-hybridized carbons (Fsp3) is 0.643. The van der Waals surface area contributed by atoms with Gasteiger partial charge in [0.25, 0.3) is 0 Å². The van der Waals surface area contributed by atoms with Crippen LogP contribution in [0.5, 0.6) is 0 Å². The number of hydrogen-bond donors (Lipinski definition) is 0. The summed E-state index contributed by atoms with van der Waals surface area (Å²) >= 11 is 0. The molecule has 0 aromatic carbocycles. The van der Waals surface area contributed by atoms with Gasteiger partial charge in [-0.2, -0.15) is 0 Å². The Morgan fingerprint density at radius 2 is 1.33 bits per heavy atom. The van der Waals surface area contributed by atoms with Gasteiger partial charge in [-0.3, -0.25) is 0 Å². The topological polar surface area (TPSA) is 11.3 Å². The minimum absolute atomic E-state index is 1.17. The van der Waals surface area contributed by atoms with E-state index < -0.39 is 0 Å². The smallest absolute Gasteiger partial charge is 0.218 e. The van der Waals surface area contributed by atoms with Crippen molar-refractivity contribution < 1.29 is 4.42 Å². The van der Waals surface area contributed by atoms with Crippen LogP contribution < -0.4 is 0 Å². The first-order chi connectivity index (χ1) is 7.36. The molecule has 1 heterocycles. The Bertz CT molecular complexity index is 393. The molecule has 0 aliphatic heterocycles. The molecule has 3 rings (SSSR count). The maximum atomic E-state index is 6.00. The van der Waals surface area contributed by atoms with Gasteiger partial charge in [-0.05, 0) is 50.5 Å². The minimum Gasteiger partial charge on any atom is -0.218 e. The molecule has 2 aliphatic carbocycles. The van der Waals surface area contributed by atoms with Crippen LogP contribution in [0.3, 0.4) is 0 Å². The van der Waals surface area contributed by atoms with Crippen molar-refractivity contribution in [3.8, 4) is 0 Å². The van der Waals surface area contributed by atoms with Crippen LogP contribution >= 0.6 is 0 Å². The van der Waals surface area contributed by atoms with E-state index in [-0.39, 0.29) is 0 Å². The highest BCUT2D eigenvalue weighted by Gasteiger charge is 2.30. The van der Waals surface area contributed by atoms with Crippen LogP contribution in [0.25, 0.3) is 0 Å². The van der Waals surface area contributed by atoms with Gasteiger partial charge in [-0.15, -0.1) is 0 Å². The molecule has 0 N–H and O–H groups in total. The highest BCUT2D eigenvalue weighted by Crippen LogP contribution is 2.33. The Balaban J connectivity index is 2.18. The second kappa shape index (κ2) is 3.62. The Labute approximate surface area is 91.5 Å². The van der Waals surface area contributed by atoms with E-state index in [2.05, 4.69) is 6.92 Å². The standard InChI is InChI=1S/C14H19O/c1-10-11-6-2-3-7-12(11)13-8-4-5-9-14(13)15-10/h2-9H2,1H3/q+1. The zero-order chi connectivity index (χ0) is 10.3. The predicted octanol–water partition coefficient (Wildman–Crippen LogP) is 3.63. The molecule has 0 radical (unpaired) electrons. The first-order valence-electron chi connectivity index (χ1n) is 6.32. The van der Waals surface area contributed by atoms with Gasteiger partial charge >= 0.3 is 11.5 Å². The number of rotatable bonds is 0. The summed E-state index contributed by atoms with van der Waals surface area (Å²) in [6.07, 6.45) is 10.4. The Morgan fingerprint density at radius 3 is 2.13 bits per heavy atom. The van der Waals surface area contributed by atoms with Crippen molar-refractivity contribution in [1.29, 1.82) is 0 Å². The van der Waals surface area contributed by atoms with Crippen LogP contribution in [0.2, 0.25) is 0 Å². The van der Waals surface area contributed by atoms with E-state index in [1.807, 2.05) is 0 Å². The summed E-state index contributed by atoms with van der Waals surface area (Å²) in [6.45, 7) is 2.15. The molecule has 0 unspecified atom stereocenters. The third-order valence-corrected chi connectivity index (χ3v) is 3.95. The lowest BCUT2D eigenvalue weighted by atomic mass is 9.83. The summed E-state index contributed by atoms with van der Waals surface area (Å²) in [5.74, 6) is 2.50. The van der Waals surface area contributed by atoms with Gasteiger partial charge in [0, 0.05) is 0 Å². The van der Waals surface area contributed by atoms with E-state index in [4.69, 9.17) is 4.42 Å². The van der Waals surface area contributed by atoms with E-state index >= 15 is 0 Å². The van der Waals surface area contributed by atoms with Gasteiger partial charge in [-0.25, -0.2) is 4.42 Å². The summed E-state index contributed by atoms with van der Waals surface area (Å²) in [6, 6.07) is 0. The average Bonchev–Trinajstić information content (AvgIpc) is 2.30. The fourth-order valence-electron chi connectivity index (χ4n) is 3.18. The molecule has 0 bridgehead atoms. The minimum atomic E-state index is 1.17. The second-order valence-corrected chi connectivity index (χ2v) is 4.93. The Morgan fingerprint density at radius 1 is 0.733 bits per heavy atom. The van der Waals surface area contributed by atoms with Gasteiger partial charge in [0.1, 0.15) is 0 Å². The Kier molecular flexibility index (Phi) is 2.27. The van der Waals surface area contributed by atoms with E-state index in [1.165, 1.54) is 62.9 Å². The van der Waals surface area contributed by atoms with Crippen LogP contribution in [0.15, 0.2) is 4.42 Å². The fourth-order valence-corrected chi connectivity index (χ4v) is 3.18. The van der Waals surface area contributed by atoms with Crippen LogP contribution in [-0.4, -0.2) is 0 Å². The van der Waals surface area contributed by atoms with E-state index in [9.17, 15) is 0 Å². The summed E-state index contributed by atoms with van der Waals surface area (Å²) in [4.78, 5) is 0. The molecule has 2 aliphatic rings. The maximum absolute atomic E-state index is 6.00. The first-order valence-corrected chi connectivity index (χ1v) is 6.32. The van der Waals surface area contributed by atoms with Crippen LogP contribution in [0.1, 0.15) is 53.9 Å². The zero-order valence-electron chi connectivity index (χ0n) is 9.57. The molecule has 1 heteroatoms. The summed E-state index contributed by atoms with van der Waals surface area (Å²) < 4.78 is 6.00. The molecular weight excluding hydrogens is 184 g/mol. The molecule has 0 fully saturated rings. The normalized spacial score (nSPS) is 19.5. The molecule has 0 amide bonds. The Hall–Kier alpha value is -0.850. The van der Waals surface area contributed by atoms with Crippen LogP contribution in [-0.2, 0) is 25.7 Å². The average molecular weight is 203 g/mol. The van der Waals surface area contributed by atoms with Gasteiger partial charge in [0.2, 0.25) is 0 Å². The molecule has 80 valence electrons. The molecular formula is C14H19O+. The molecule has 0 spiro atoms. The zero-order valence-corrected chi connectivity index (χ0v) is 9.57. The SMILES string of the molecule is Cc1[o+]c2c(c3c1CCCC3)CCCC2. The molecule has 0 saturated carbocycles. The predicted molar refractivity (Wildman–Crippen MR) is 61.1 cm³/mol. The monoisotopic (exact) mass is 203 g/mol. The van der Waals surface area contributed by atoms with Gasteiger partial charge in [0.05, 0.1) is 24.5 Å². The molecule has 1 nitrogen and oxygen atoms in total. The largest absolute Gasteiger partial charge is 0.332 e. The molecule has 1 aromatic rings. The first kappa shape index (κ1) is 9.38. The van der Waals surface area contributed by atoms with Crippen molar-refractivity contribution in [3.63, 3.8) is 0 Å². The summed E-state index contributed by atoms with van der Waals surface area (Å²) in [5, 5.41) is 0. The van der Waals surface area contributed by atoms with Crippen molar-refractivity contribution in [3.05, 3.63) is 28.2 Å². The molecule has 0 atom stereocenters. The molecule has 0 saturated heterocycles. The highest BCUT2D eigenvalue weighted by molar-refractivity contribution is 5.40. The van der Waals surface area contributed by atoms with Crippen molar-refractivity contribution in [2.45, 2.75) is 58.3 Å². The summed E-state index contributed by atoms with van der Waals surface area (Å²) in [5.41, 5.74) is 4.79. The van der Waals surface area contributed by atoms with Gasteiger partial charge in [-0.1, -0.05) is 0 Å².